The number of hydrogen-bond acceptors (Lipinski definition) is 8. The highest BCUT2D eigenvalue weighted by Crippen LogP contribution is 2.32. The topological polar surface area (TPSA) is 88.4 Å². The zero-order valence-corrected chi connectivity index (χ0v) is 25.8. The van der Waals surface area contributed by atoms with Crippen LogP contribution in [-0.2, 0) is 16.1 Å². The van der Waals surface area contributed by atoms with Gasteiger partial charge in [0.15, 0.2) is 16.3 Å². The second-order valence-electron chi connectivity index (χ2n) is 9.63. The Hall–Kier alpha value is -4.34. The van der Waals surface area contributed by atoms with Crippen molar-refractivity contribution >= 4 is 35.0 Å². The van der Waals surface area contributed by atoms with Crippen molar-refractivity contribution in [1.82, 2.24) is 4.57 Å². The van der Waals surface area contributed by atoms with Gasteiger partial charge in [0.25, 0.3) is 5.56 Å². The summed E-state index contributed by atoms with van der Waals surface area (Å²) in [6, 6.07) is 19.6. The van der Waals surface area contributed by atoms with Crippen LogP contribution < -0.4 is 29.1 Å². The maximum absolute atomic E-state index is 13.9. The fraction of sp³-hybridized carbons (Fsp3) is 0.242. The molecule has 4 aromatic rings. The molecule has 0 bridgehead atoms. The zero-order chi connectivity index (χ0) is 30.5. The molecule has 0 radical (unpaired) electrons. The summed E-state index contributed by atoms with van der Waals surface area (Å²) in [7, 11) is 1.58. The van der Waals surface area contributed by atoms with E-state index in [1.165, 1.54) is 11.3 Å². The molecule has 0 aliphatic carbocycles. The summed E-state index contributed by atoms with van der Waals surface area (Å²) in [4.78, 5) is 32.2. The number of carbonyl (C=O) groups excluding carboxylic acids is 1. The van der Waals surface area contributed by atoms with Crippen LogP contribution in [0.4, 0.5) is 0 Å². The van der Waals surface area contributed by atoms with E-state index in [2.05, 4.69) is 4.99 Å². The number of ether oxygens (including phenoxy) is 4. The number of nitrogens with zero attached hydrogens (tertiary/aromatic N) is 2. The van der Waals surface area contributed by atoms with Gasteiger partial charge in [0.2, 0.25) is 0 Å². The van der Waals surface area contributed by atoms with Crippen LogP contribution in [0.1, 0.15) is 43.5 Å². The average Bonchev–Trinajstić information content (AvgIpc) is 3.31. The Balaban J connectivity index is 1.54. The number of carbonyl (C=O) groups is 1. The SMILES string of the molecule is CCOC(=O)C1=C(C)N=c2s/c(=C/c3ccc(OCc4ccc(Cl)cc4)c(OCC)c3)c(=O)n2C1c1ccc(OC)cc1. The Morgan fingerprint density at radius 2 is 1.74 bits per heavy atom. The molecule has 0 N–H and O–H groups in total. The van der Waals surface area contributed by atoms with Gasteiger partial charge in [-0.15, -0.1) is 0 Å². The summed E-state index contributed by atoms with van der Waals surface area (Å²) in [6.45, 7) is 6.41. The molecule has 10 heteroatoms. The standard InChI is InChI=1S/C33H31ClN2O6S/c1-5-40-27-17-22(9-16-26(27)42-19-21-7-12-24(34)13-8-21)18-28-31(37)36-30(23-10-14-25(39-4)15-11-23)29(32(38)41-6-2)20(3)35-33(36)43-28/h7-18,30H,5-6,19H2,1-4H3/b28-18+. The van der Waals surface area contributed by atoms with Crippen LogP contribution in [0.25, 0.3) is 6.08 Å². The van der Waals surface area contributed by atoms with E-state index in [0.29, 0.717) is 56.1 Å². The second kappa shape index (κ2) is 13.3. The lowest BCUT2D eigenvalue weighted by Gasteiger charge is -2.24. The molecule has 0 saturated heterocycles. The number of fused-ring (bicyclic) bond motifs is 1. The van der Waals surface area contributed by atoms with E-state index in [-0.39, 0.29) is 12.2 Å². The second-order valence-corrected chi connectivity index (χ2v) is 11.1. The fourth-order valence-corrected chi connectivity index (χ4v) is 5.96. The van der Waals surface area contributed by atoms with Gasteiger partial charge in [0.1, 0.15) is 12.4 Å². The normalized spacial score (nSPS) is 14.6. The summed E-state index contributed by atoms with van der Waals surface area (Å²) in [6.07, 6.45) is 1.80. The van der Waals surface area contributed by atoms with Crippen molar-refractivity contribution in [2.45, 2.75) is 33.4 Å². The first-order valence-electron chi connectivity index (χ1n) is 13.8. The number of halogens is 1. The van der Waals surface area contributed by atoms with Crippen molar-refractivity contribution in [2.75, 3.05) is 20.3 Å². The van der Waals surface area contributed by atoms with Gasteiger partial charge in [-0.2, -0.15) is 0 Å². The van der Waals surface area contributed by atoms with Gasteiger partial charge in [0.05, 0.1) is 42.2 Å². The van der Waals surface area contributed by atoms with Crippen LogP contribution in [0.15, 0.2) is 87.8 Å². The van der Waals surface area contributed by atoms with E-state index in [0.717, 1.165) is 16.7 Å². The molecular weight excluding hydrogens is 588 g/mol. The smallest absolute Gasteiger partial charge is 0.338 e. The lowest BCUT2D eigenvalue weighted by molar-refractivity contribution is -0.139. The predicted octanol–water partition coefficient (Wildman–Crippen LogP) is 5.44. The minimum atomic E-state index is -0.703. The maximum atomic E-state index is 13.9. The van der Waals surface area contributed by atoms with Crippen LogP contribution >= 0.6 is 22.9 Å². The summed E-state index contributed by atoms with van der Waals surface area (Å²) in [5.41, 5.74) is 3.04. The molecule has 0 fully saturated rings. The average molecular weight is 619 g/mol. The number of allylic oxidation sites excluding steroid dienone is 1. The van der Waals surface area contributed by atoms with Crippen molar-refractivity contribution < 1.29 is 23.7 Å². The minimum absolute atomic E-state index is 0.205. The molecule has 1 aliphatic heterocycles. The Morgan fingerprint density at radius 3 is 2.42 bits per heavy atom. The largest absolute Gasteiger partial charge is 0.497 e. The molecule has 3 aromatic carbocycles. The molecule has 5 rings (SSSR count). The molecule has 2 heterocycles. The summed E-state index contributed by atoms with van der Waals surface area (Å²) in [5, 5.41) is 0.663. The first kappa shape index (κ1) is 30.1. The lowest BCUT2D eigenvalue weighted by Crippen LogP contribution is -2.39. The van der Waals surface area contributed by atoms with E-state index >= 15 is 0 Å². The molecule has 43 heavy (non-hydrogen) atoms. The first-order chi connectivity index (χ1) is 20.8. The molecule has 1 aromatic heterocycles. The fourth-order valence-electron chi connectivity index (χ4n) is 4.79. The Bertz CT molecular complexity index is 1840. The van der Waals surface area contributed by atoms with E-state index < -0.39 is 12.0 Å². The van der Waals surface area contributed by atoms with Gasteiger partial charge in [0, 0.05) is 5.02 Å². The summed E-state index contributed by atoms with van der Waals surface area (Å²) >= 11 is 7.25. The Labute approximate surface area is 258 Å². The molecule has 0 spiro atoms. The molecule has 0 saturated carbocycles. The monoisotopic (exact) mass is 618 g/mol. The maximum Gasteiger partial charge on any atom is 0.338 e. The summed E-state index contributed by atoms with van der Waals surface area (Å²) in [5.74, 6) is 1.31. The highest BCUT2D eigenvalue weighted by atomic mass is 35.5. The number of methoxy groups -OCH3 is 1. The Morgan fingerprint density at radius 1 is 1.00 bits per heavy atom. The van der Waals surface area contributed by atoms with Gasteiger partial charge in [-0.05, 0) is 79.9 Å². The van der Waals surface area contributed by atoms with Gasteiger partial charge >= 0.3 is 5.97 Å². The first-order valence-corrected chi connectivity index (χ1v) is 15.0. The van der Waals surface area contributed by atoms with Crippen molar-refractivity contribution in [3.8, 4) is 17.2 Å². The third kappa shape index (κ3) is 6.53. The van der Waals surface area contributed by atoms with Crippen molar-refractivity contribution in [3.05, 3.63) is 119 Å². The van der Waals surface area contributed by atoms with Gasteiger partial charge in [-0.25, -0.2) is 9.79 Å². The molecule has 1 unspecified atom stereocenters. The van der Waals surface area contributed by atoms with Crippen molar-refractivity contribution in [2.24, 2.45) is 4.99 Å². The highest BCUT2D eigenvalue weighted by molar-refractivity contribution is 7.07. The lowest BCUT2D eigenvalue weighted by atomic mass is 9.96. The number of benzene rings is 3. The van der Waals surface area contributed by atoms with E-state index in [4.69, 9.17) is 30.5 Å². The van der Waals surface area contributed by atoms with Crippen molar-refractivity contribution in [1.29, 1.82) is 0 Å². The highest BCUT2D eigenvalue weighted by Gasteiger charge is 2.33. The molecular formula is C33H31ClN2O6S. The number of esters is 1. The van der Waals surface area contributed by atoms with Crippen LogP contribution in [0.3, 0.4) is 0 Å². The third-order valence-electron chi connectivity index (χ3n) is 6.82. The zero-order valence-electron chi connectivity index (χ0n) is 24.3. The molecule has 1 aliphatic rings. The quantitative estimate of drug-likeness (QED) is 0.220. The summed E-state index contributed by atoms with van der Waals surface area (Å²) < 4.78 is 24.6. The van der Waals surface area contributed by atoms with Crippen LogP contribution in [-0.4, -0.2) is 30.9 Å². The van der Waals surface area contributed by atoms with Gasteiger partial charge < -0.3 is 18.9 Å². The van der Waals surface area contributed by atoms with Crippen LogP contribution in [0.5, 0.6) is 17.2 Å². The van der Waals surface area contributed by atoms with Gasteiger partial charge in [-0.3, -0.25) is 9.36 Å². The van der Waals surface area contributed by atoms with Gasteiger partial charge in [-0.1, -0.05) is 53.3 Å². The molecule has 222 valence electrons. The van der Waals surface area contributed by atoms with Crippen molar-refractivity contribution in [3.63, 3.8) is 0 Å². The number of thiazole rings is 1. The number of hydrogen-bond donors (Lipinski definition) is 0. The van der Waals surface area contributed by atoms with Crippen LogP contribution in [0, 0.1) is 0 Å². The van der Waals surface area contributed by atoms with Crippen LogP contribution in [0.2, 0.25) is 5.02 Å². The minimum Gasteiger partial charge on any atom is -0.497 e. The Kier molecular flexibility index (Phi) is 9.33. The predicted molar refractivity (Wildman–Crippen MR) is 167 cm³/mol. The number of rotatable bonds is 10. The molecule has 0 amide bonds. The van der Waals surface area contributed by atoms with E-state index in [9.17, 15) is 9.59 Å². The van der Waals surface area contributed by atoms with E-state index in [1.807, 2.05) is 61.5 Å². The molecule has 8 nitrogen and oxygen atoms in total. The third-order valence-corrected chi connectivity index (χ3v) is 8.06. The number of aromatic nitrogens is 1. The van der Waals surface area contributed by atoms with E-state index in [1.54, 1.807) is 43.7 Å². The molecule has 1 atom stereocenters.